The number of pyridine rings is 1. The number of piperidine rings is 1. The molecule has 0 atom stereocenters. The molecule has 0 bridgehead atoms. The van der Waals surface area contributed by atoms with Crippen LogP contribution in [0.4, 0.5) is 10.6 Å². The van der Waals surface area contributed by atoms with Crippen LogP contribution < -0.4 is 15.4 Å². The van der Waals surface area contributed by atoms with Gasteiger partial charge in [-0.2, -0.15) is 0 Å². The lowest BCUT2D eigenvalue weighted by Gasteiger charge is -2.56. The van der Waals surface area contributed by atoms with E-state index >= 15 is 0 Å². The first kappa shape index (κ1) is 23.1. The Balaban J connectivity index is 1.78. The summed E-state index contributed by atoms with van der Waals surface area (Å²) in [5.41, 5.74) is 0.304. The van der Waals surface area contributed by atoms with Crippen LogP contribution in [0.1, 0.15) is 23.2 Å². The molecule has 0 aliphatic carbocycles. The topological polar surface area (TPSA) is 83.6 Å². The third-order valence-electron chi connectivity index (χ3n) is 4.76. The fourth-order valence-corrected chi connectivity index (χ4v) is 3.68. The van der Waals surface area contributed by atoms with Crippen LogP contribution in [0.25, 0.3) is 0 Å². The number of rotatable bonds is 4. The largest absolute Gasteiger partial charge is 0.489 e. The molecule has 7 nitrogen and oxygen atoms in total. The minimum atomic E-state index is -1.74. The van der Waals surface area contributed by atoms with Crippen molar-refractivity contribution in [2.45, 2.75) is 29.6 Å². The molecule has 3 rings (SSSR count). The number of halogens is 1. The average molecular weight is 428 g/mol. The van der Waals surface area contributed by atoms with Gasteiger partial charge in [-0.15, -0.1) is 0 Å². The van der Waals surface area contributed by atoms with E-state index in [1.165, 1.54) is 25.4 Å². The quantitative estimate of drug-likeness (QED) is 0.717. The Morgan fingerprint density at radius 3 is 2.42 bits per heavy atom. The van der Waals surface area contributed by atoms with Gasteiger partial charge in [0.2, 0.25) is 0 Å². The van der Waals surface area contributed by atoms with Gasteiger partial charge in [0, 0.05) is 18.8 Å². The van der Waals surface area contributed by atoms with Gasteiger partial charge in [0.1, 0.15) is 17.7 Å². The van der Waals surface area contributed by atoms with Gasteiger partial charge >= 0.3 is 6.03 Å². The molecule has 1 saturated heterocycles. The first-order valence-corrected chi connectivity index (χ1v) is 9.77. The van der Waals surface area contributed by atoms with E-state index in [9.17, 15) is 9.59 Å². The van der Waals surface area contributed by atoms with Gasteiger partial charge in [0.15, 0.2) is 0 Å². The Morgan fingerprint density at radius 1 is 1.16 bits per heavy atom. The third kappa shape index (κ3) is 5.21. The maximum atomic E-state index is 13.0. The van der Waals surface area contributed by atoms with Crippen molar-refractivity contribution in [3.8, 4) is 5.75 Å². The van der Waals surface area contributed by atoms with Crippen molar-refractivity contribution < 1.29 is 14.3 Å². The van der Waals surface area contributed by atoms with Gasteiger partial charge in [0.25, 0.3) is 5.91 Å². The lowest BCUT2D eigenvalue weighted by molar-refractivity contribution is 0.0631. The summed E-state index contributed by atoms with van der Waals surface area (Å²) in [5, 5.41) is 1.94. The number of carbonyl (C=O) groups excluding carboxylic acids is 2. The molecule has 0 spiro atoms. The molecule has 0 saturated carbocycles. The molecule has 1 aromatic heterocycles. The normalized spacial score (nSPS) is 17.5. The summed E-state index contributed by atoms with van der Waals surface area (Å²) < 4.78 is 5.89. The molecule has 2 N–H and O–H groups in total. The van der Waals surface area contributed by atoms with Crippen LogP contribution in [0.2, 0.25) is 5.02 Å². The van der Waals surface area contributed by atoms with Gasteiger partial charge in [-0.3, -0.25) is 10.1 Å². The van der Waals surface area contributed by atoms with E-state index in [-0.39, 0.29) is 24.6 Å². The number of hydrogen-bond donors (Lipinski definition) is 2. The number of nitrogens with one attached hydrogen (secondary N) is 2. The van der Waals surface area contributed by atoms with E-state index in [2.05, 4.69) is 15.6 Å². The second-order valence-corrected chi connectivity index (χ2v) is 7.74. The Hall–Kier alpha value is -2.54. The highest BCUT2D eigenvalue weighted by Gasteiger charge is 2.47. The molecular formula is C19H17B4ClN4O3. The Bertz CT molecular complexity index is 974. The summed E-state index contributed by atoms with van der Waals surface area (Å²) in [7, 11) is 26.4. The van der Waals surface area contributed by atoms with Crippen LogP contribution in [0.5, 0.6) is 5.75 Å². The van der Waals surface area contributed by atoms with Crippen LogP contribution in [-0.2, 0) is 0 Å². The van der Waals surface area contributed by atoms with Crippen molar-refractivity contribution in [1.82, 2.24) is 15.2 Å². The van der Waals surface area contributed by atoms with Crippen LogP contribution in [0, 0.1) is 0 Å². The molecule has 0 unspecified atom stereocenters. The highest BCUT2D eigenvalue weighted by atomic mass is 35.5. The zero-order valence-corrected chi connectivity index (χ0v) is 17.6. The number of carbonyl (C=O) groups is 2. The maximum absolute atomic E-state index is 13.0. The number of para-hydroxylation sites is 1. The van der Waals surface area contributed by atoms with Crippen molar-refractivity contribution in [3.05, 3.63) is 53.2 Å². The monoisotopic (exact) mass is 428 g/mol. The van der Waals surface area contributed by atoms with Crippen molar-refractivity contribution >= 4 is 60.7 Å². The van der Waals surface area contributed by atoms with Crippen molar-refractivity contribution in [2.75, 3.05) is 12.4 Å². The second kappa shape index (κ2) is 8.91. The SMILES string of the molecule is [B]C1([B])CC(Oc2ccccc2Cl)CC([B])([B])N1C(=O)Nc1cc(C(=O)NC)ccn1. The van der Waals surface area contributed by atoms with E-state index in [0.29, 0.717) is 16.3 Å². The lowest BCUT2D eigenvalue weighted by Crippen LogP contribution is -2.71. The summed E-state index contributed by atoms with van der Waals surface area (Å²) in [6.07, 6.45) is 0.852. The number of nitrogens with zero attached hydrogens (tertiary/aromatic N) is 2. The van der Waals surface area contributed by atoms with Gasteiger partial charge in [-0.1, -0.05) is 23.7 Å². The third-order valence-corrected chi connectivity index (χ3v) is 5.07. The maximum Gasteiger partial charge on any atom is 0.321 e. The zero-order chi connectivity index (χ0) is 22.8. The van der Waals surface area contributed by atoms with Crippen molar-refractivity contribution in [1.29, 1.82) is 0 Å². The minimum Gasteiger partial charge on any atom is -0.489 e. The molecule has 8 radical (unpaired) electrons. The summed E-state index contributed by atoms with van der Waals surface area (Å²) in [5.74, 6) is 0.190. The molecule has 1 aliphatic rings. The fraction of sp³-hybridized carbons (Fsp3) is 0.316. The van der Waals surface area contributed by atoms with Crippen molar-refractivity contribution in [2.24, 2.45) is 0 Å². The molecule has 12 heteroatoms. The molecule has 150 valence electrons. The van der Waals surface area contributed by atoms with E-state index in [1.807, 2.05) is 0 Å². The molecule has 1 fully saturated rings. The molecule has 1 aromatic carbocycles. The summed E-state index contributed by atoms with van der Waals surface area (Å²) in [6.45, 7) is 0. The van der Waals surface area contributed by atoms with E-state index < -0.39 is 22.8 Å². The average Bonchev–Trinajstić information content (AvgIpc) is 2.67. The summed E-state index contributed by atoms with van der Waals surface area (Å²) in [6, 6.07) is 9.02. The van der Waals surface area contributed by atoms with Gasteiger partial charge in [-0.05, 0) is 47.8 Å². The number of hydrogen-bond acceptors (Lipinski definition) is 4. The van der Waals surface area contributed by atoms with Crippen LogP contribution >= 0.6 is 11.6 Å². The Morgan fingerprint density at radius 2 is 1.81 bits per heavy atom. The van der Waals surface area contributed by atoms with E-state index in [1.54, 1.807) is 24.3 Å². The van der Waals surface area contributed by atoms with Crippen LogP contribution in [0.3, 0.4) is 0 Å². The van der Waals surface area contributed by atoms with Crippen molar-refractivity contribution in [3.63, 3.8) is 0 Å². The van der Waals surface area contributed by atoms with Crippen LogP contribution in [0.15, 0.2) is 42.6 Å². The highest BCUT2D eigenvalue weighted by Crippen LogP contribution is 2.36. The number of amides is 3. The fourth-order valence-electron chi connectivity index (χ4n) is 3.50. The predicted molar refractivity (Wildman–Crippen MR) is 122 cm³/mol. The number of ether oxygens (including phenoxy) is 1. The number of aromatic nitrogens is 1. The summed E-state index contributed by atoms with van der Waals surface area (Å²) >= 11 is 6.14. The Labute approximate surface area is 191 Å². The first-order valence-electron chi connectivity index (χ1n) is 9.39. The molecule has 31 heavy (non-hydrogen) atoms. The number of likely N-dealkylation sites (tertiary alicyclic amines) is 1. The molecule has 1 aliphatic heterocycles. The molecule has 2 heterocycles. The van der Waals surface area contributed by atoms with Crippen LogP contribution in [-0.4, -0.2) is 77.0 Å². The lowest BCUT2D eigenvalue weighted by atomic mass is 9.46. The first-order chi connectivity index (χ1) is 14.5. The number of anilines is 1. The molecule has 2 aromatic rings. The van der Waals surface area contributed by atoms with Gasteiger partial charge in [-0.25, -0.2) is 9.78 Å². The molecule has 3 amide bonds. The predicted octanol–water partition coefficient (Wildman–Crippen LogP) is 1.15. The number of urea groups is 1. The summed E-state index contributed by atoms with van der Waals surface area (Å²) in [4.78, 5) is 29.7. The highest BCUT2D eigenvalue weighted by molar-refractivity contribution is 6.46. The number of benzene rings is 1. The minimum absolute atomic E-state index is 0.0352. The van der Waals surface area contributed by atoms with Gasteiger partial charge < -0.3 is 15.0 Å². The zero-order valence-electron chi connectivity index (χ0n) is 16.8. The standard InChI is InChI=1S/C19H17B4ClN4O3/c1-25-16(29)11-6-7-26-15(8-11)27-17(30)28-18(20,21)9-12(10-19(28,22)23)31-14-5-3-2-4-13(14)24/h2-8,12H,9-10H2,1H3,(H,25,29)(H,26,27,30). The second-order valence-electron chi connectivity index (χ2n) is 7.34. The van der Waals surface area contributed by atoms with E-state index in [4.69, 9.17) is 47.7 Å². The van der Waals surface area contributed by atoms with Gasteiger partial charge in [0.05, 0.1) is 36.4 Å². The smallest absolute Gasteiger partial charge is 0.321 e. The Kier molecular flexibility index (Phi) is 6.65. The van der Waals surface area contributed by atoms with E-state index in [0.717, 1.165) is 4.90 Å². The molecular weight excluding hydrogens is 411 g/mol.